The van der Waals surface area contributed by atoms with Crippen LogP contribution in [0.1, 0.15) is 37.5 Å². The standard InChI is InChI=1S/C13H20N6O/c1-4-6-10-12(14-5-2)16-8-17-13(10)15-7-11-18-9(3)20-19-11/h8H,4-7H2,1-3H3,(H2,14,15,16,17). The van der Waals surface area contributed by atoms with Gasteiger partial charge in [-0.15, -0.1) is 0 Å². The predicted octanol–water partition coefficient (Wildman–Crippen LogP) is 2.16. The van der Waals surface area contributed by atoms with Gasteiger partial charge in [0.1, 0.15) is 18.0 Å². The van der Waals surface area contributed by atoms with Gasteiger partial charge >= 0.3 is 0 Å². The van der Waals surface area contributed by atoms with Crippen molar-refractivity contribution >= 4 is 11.6 Å². The molecule has 2 rings (SSSR count). The monoisotopic (exact) mass is 276 g/mol. The molecular weight excluding hydrogens is 256 g/mol. The molecule has 2 heterocycles. The van der Waals surface area contributed by atoms with Crippen LogP contribution in [0, 0.1) is 6.92 Å². The molecule has 0 spiro atoms. The van der Waals surface area contributed by atoms with E-state index in [2.05, 4.69) is 37.7 Å². The molecule has 2 aromatic rings. The van der Waals surface area contributed by atoms with Crippen molar-refractivity contribution in [3.63, 3.8) is 0 Å². The lowest BCUT2D eigenvalue weighted by atomic mass is 10.1. The zero-order valence-electron chi connectivity index (χ0n) is 12.1. The number of hydrogen-bond acceptors (Lipinski definition) is 7. The van der Waals surface area contributed by atoms with E-state index in [1.165, 1.54) is 0 Å². The first-order chi connectivity index (χ1) is 9.74. The van der Waals surface area contributed by atoms with Gasteiger partial charge in [0.05, 0.1) is 6.54 Å². The van der Waals surface area contributed by atoms with Gasteiger partial charge in [-0.2, -0.15) is 4.98 Å². The van der Waals surface area contributed by atoms with Gasteiger partial charge in [-0.3, -0.25) is 0 Å². The first-order valence-electron chi connectivity index (χ1n) is 6.85. The summed E-state index contributed by atoms with van der Waals surface area (Å²) in [7, 11) is 0. The van der Waals surface area contributed by atoms with Crippen molar-refractivity contribution in [2.75, 3.05) is 17.2 Å². The van der Waals surface area contributed by atoms with E-state index < -0.39 is 0 Å². The van der Waals surface area contributed by atoms with Crippen LogP contribution in [0.4, 0.5) is 11.6 Å². The van der Waals surface area contributed by atoms with E-state index in [9.17, 15) is 0 Å². The van der Waals surface area contributed by atoms with E-state index >= 15 is 0 Å². The Bertz CT molecular complexity index is 554. The zero-order valence-corrected chi connectivity index (χ0v) is 12.1. The SMILES string of the molecule is CCCc1c(NCC)ncnc1NCc1noc(C)n1. The molecule has 108 valence electrons. The minimum absolute atomic E-state index is 0.483. The molecule has 20 heavy (non-hydrogen) atoms. The molecule has 0 amide bonds. The van der Waals surface area contributed by atoms with Gasteiger partial charge in [0, 0.05) is 19.0 Å². The third kappa shape index (κ3) is 3.43. The normalized spacial score (nSPS) is 10.6. The second kappa shape index (κ2) is 6.83. The summed E-state index contributed by atoms with van der Waals surface area (Å²) in [5, 5.41) is 10.4. The highest BCUT2D eigenvalue weighted by molar-refractivity contribution is 5.57. The van der Waals surface area contributed by atoms with Gasteiger partial charge in [-0.1, -0.05) is 18.5 Å². The highest BCUT2D eigenvalue weighted by Gasteiger charge is 2.11. The molecule has 0 atom stereocenters. The molecule has 0 aliphatic rings. The molecular formula is C13H20N6O. The number of anilines is 2. The third-order valence-electron chi connectivity index (χ3n) is 2.77. The quantitative estimate of drug-likeness (QED) is 0.801. The van der Waals surface area contributed by atoms with E-state index in [4.69, 9.17) is 4.52 Å². The van der Waals surface area contributed by atoms with E-state index in [1.54, 1.807) is 13.3 Å². The van der Waals surface area contributed by atoms with E-state index in [-0.39, 0.29) is 0 Å². The number of hydrogen-bond donors (Lipinski definition) is 2. The van der Waals surface area contributed by atoms with Crippen LogP contribution in [0.3, 0.4) is 0 Å². The molecule has 7 heteroatoms. The third-order valence-corrected chi connectivity index (χ3v) is 2.77. The topological polar surface area (TPSA) is 88.8 Å². The molecule has 0 bridgehead atoms. The fraction of sp³-hybridized carbons (Fsp3) is 0.538. The maximum Gasteiger partial charge on any atom is 0.223 e. The van der Waals surface area contributed by atoms with Crippen LogP contribution < -0.4 is 10.6 Å². The van der Waals surface area contributed by atoms with Gasteiger partial charge < -0.3 is 15.2 Å². The Kier molecular flexibility index (Phi) is 4.86. The number of nitrogens with zero attached hydrogens (tertiary/aromatic N) is 4. The van der Waals surface area contributed by atoms with Gasteiger partial charge in [-0.25, -0.2) is 9.97 Å². The molecule has 0 saturated heterocycles. The maximum absolute atomic E-state index is 4.95. The lowest BCUT2D eigenvalue weighted by Crippen LogP contribution is -2.10. The summed E-state index contributed by atoms with van der Waals surface area (Å²) in [6, 6.07) is 0. The highest BCUT2D eigenvalue weighted by Crippen LogP contribution is 2.21. The lowest BCUT2D eigenvalue weighted by molar-refractivity contribution is 0.388. The van der Waals surface area contributed by atoms with Crippen molar-refractivity contribution in [1.29, 1.82) is 0 Å². The molecule has 0 unspecified atom stereocenters. The second-order valence-electron chi connectivity index (χ2n) is 4.41. The molecule has 2 N–H and O–H groups in total. The van der Waals surface area contributed by atoms with Gasteiger partial charge in [0.2, 0.25) is 5.89 Å². The average Bonchev–Trinajstić information content (AvgIpc) is 2.85. The molecule has 0 aliphatic carbocycles. The first-order valence-corrected chi connectivity index (χ1v) is 6.85. The molecule has 0 radical (unpaired) electrons. The molecule has 0 aliphatic heterocycles. The van der Waals surface area contributed by atoms with Crippen LogP contribution >= 0.6 is 0 Å². The lowest BCUT2D eigenvalue weighted by Gasteiger charge is -2.13. The summed E-state index contributed by atoms with van der Waals surface area (Å²) in [4.78, 5) is 12.8. The Morgan fingerprint density at radius 2 is 1.90 bits per heavy atom. The van der Waals surface area contributed by atoms with Crippen LogP contribution in [-0.2, 0) is 13.0 Å². The predicted molar refractivity (Wildman–Crippen MR) is 76.6 cm³/mol. The minimum atomic E-state index is 0.483. The number of aryl methyl sites for hydroxylation is 1. The Hall–Kier alpha value is -2.18. The smallest absolute Gasteiger partial charge is 0.223 e. The summed E-state index contributed by atoms with van der Waals surface area (Å²) in [6.07, 6.45) is 3.50. The first kappa shape index (κ1) is 14.2. The van der Waals surface area contributed by atoms with Crippen LogP contribution in [0.5, 0.6) is 0 Å². The molecule has 0 fully saturated rings. The molecule has 7 nitrogen and oxygen atoms in total. The Labute approximate surface area is 118 Å². The van der Waals surface area contributed by atoms with Crippen molar-refractivity contribution in [2.24, 2.45) is 0 Å². The molecule has 0 aromatic carbocycles. The summed E-state index contributed by atoms with van der Waals surface area (Å²) in [6.45, 7) is 7.27. The van der Waals surface area contributed by atoms with Crippen LogP contribution in [-0.4, -0.2) is 26.7 Å². The van der Waals surface area contributed by atoms with E-state index in [0.29, 0.717) is 18.3 Å². The highest BCUT2D eigenvalue weighted by atomic mass is 16.5. The molecule has 0 saturated carbocycles. The van der Waals surface area contributed by atoms with E-state index in [0.717, 1.165) is 36.6 Å². The zero-order chi connectivity index (χ0) is 14.4. The summed E-state index contributed by atoms with van der Waals surface area (Å²) in [5.41, 5.74) is 1.09. The number of rotatable bonds is 7. The number of nitrogens with one attached hydrogen (secondary N) is 2. The fourth-order valence-corrected chi connectivity index (χ4v) is 1.95. The Morgan fingerprint density at radius 1 is 1.15 bits per heavy atom. The Balaban J connectivity index is 2.14. The summed E-state index contributed by atoms with van der Waals surface area (Å²) < 4.78 is 4.95. The average molecular weight is 276 g/mol. The van der Waals surface area contributed by atoms with Gasteiger partial charge in [-0.05, 0) is 13.3 Å². The van der Waals surface area contributed by atoms with Crippen molar-refractivity contribution in [1.82, 2.24) is 20.1 Å². The van der Waals surface area contributed by atoms with E-state index in [1.807, 2.05) is 6.92 Å². The summed E-state index contributed by atoms with van der Waals surface area (Å²) >= 11 is 0. The Morgan fingerprint density at radius 3 is 2.50 bits per heavy atom. The minimum Gasteiger partial charge on any atom is -0.370 e. The fourth-order valence-electron chi connectivity index (χ4n) is 1.95. The van der Waals surface area contributed by atoms with Crippen LogP contribution in [0.25, 0.3) is 0 Å². The van der Waals surface area contributed by atoms with Crippen molar-refractivity contribution in [2.45, 2.75) is 40.2 Å². The number of aromatic nitrogens is 4. The van der Waals surface area contributed by atoms with Crippen LogP contribution in [0.2, 0.25) is 0 Å². The largest absolute Gasteiger partial charge is 0.370 e. The van der Waals surface area contributed by atoms with Crippen molar-refractivity contribution < 1.29 is 4.52 Å². The van der Waals surface area contributed by atoms with Crippen molar-refractivity contribution in [3.8, 4) is 0 Å². The van der Waals surface area contributed by atoms with Gasteiger partial charge in [0.25, 0.3) is 0 Å². The van der Waals surface area contributed by atoms with Crippen molar-refractivity contribution in [3.05, 3.63) is 23.6 Å². The van der Waals surface area contributed by atoms with Crippen LogP contribution in [0.15, 0.2) is 10.9 Å². The summed E-state index contributed by atoms with van der Waals surface area (Å²) in [5.74, 6) is 2.89. The van der Waals surface area contributed by atoms with Gasteiger partial charge in [0.15, 0.2) is 5.82 Å². The second-order valence-corrected chi connectivity index (χ2v) is 4.41. The maximum atomic E-state index is 4.95. The molecule has 2 aromatic heterocycles.